The summed E-state index contributed by atoms with van der Waals surface area (Å²) in [4.78, 5) is 12.3. The highest BCUT2D eigenvalue weighted by atomic mass is 35.5. The molecule has 23 heavy (non-hydrogen) atoms. The average molecular weight is 337 g/mol. The fourth-order valence-electron chi connectivity index (χ4n) is 2.20. The molecule has 1 amide bonds. The number of rotatable bonds is 7. The van der Waals surface area contributed by atoms with Crippen LogP contribution in [0.5, 0.6) is 5.75 Å². The number of likely N-dealkylation sites (N-methyl/N-ethyl adjacent to an activating group) is 1. The zero-order valence-corrected chi connectivity index (χ0v) is 14.2. The van der Waals surface area contributed by atoms with E-state index in [9.17, 15) is 4.79 Å². The third kappa shape index (κ3) is 4.97. The Hall–Kier alpha value is -2.05. The Balaban J connectivity index is 1.87. The number of nitrogens with zero attached hydrogens (tertiary/aromatic N) is 2. The van der Waals surface area contributed by atoms with E-state index in [0.717, 1.165) is 5.56 Å². The number of halogens is 1. The molecule has 0 radical (unpaired) electrons. The van der Waals surface area contributed by atoms with Gasteiger partial charge in [-0.15, -0.1) is 0 Å². The first-order valence-corrected chi connectivity index (χ1v) is 7.73. The molecule has 124 valence electrons. The Kier molecular flexibility index (Phi) is 6.01. The maximum atomic E-state index is 12.3. The van der Waals surface area contributed by atoms with E-state index in [1.807, 2.05) is 32.3 Å². The van der Waals surface area contributed by atoms with E-state index in [1.165, 1.54) is 0 Å². The van der Waals surface area contributed by atoms with Crippen molar-refractivity contribution in [2.45, 2.75) is 19.1 Å². The molecular weight excluding hydrogens is 316 g/mol. The van der Waals surface area contributed by atoms with E-state index in [0.29, 0.717) is 17.3 Å². The van der Waals surface area contributed by atoms with Gasteiger partial charge in [0.1, 0.15) is 17.9 Å². The summed E-state index contributed by atoms with van der Waals surface area (Å²) < 4.78 is 7.40. The summed E-state index contributed by atoms with van der Waals surface area (Å²) in [6, 6.07) is 6.73. The minimum Gasteiger partial charge on any atom is -0.489 e. The minimum atomic E-state index is -0.443. The van der Waals surface area contributed by atoms with Crippen molar-refractivity contribution in [1.29, 1.82) is 0 Å². The number of carbonyl (C=O) groups excluding carboxylic acids is 1. The van der Waals surface area contributed by atoms with Crippen molar-refractivity contribution in [2.75, 3.05) is 13.6 Å². The SMILES string of the molecule is CNC(C(=O)NCC(C)Oc1cccc(Cl)c1)c1cnn(C)c1. The molecule has 7 heteroatoms. The van der Waals surface area contributed by atoms with Gasteiger partial charge in [0, 0.05) is 23.8 Å². The Bertz CT molecular complexity index is 659. The normalized spacial score (nSPS) is 13.4. The predicted molar refractivity (Wildman–Crippen MR) is 89.6 cm³/mol. The molecule has 1 heterocycles. The van der Waals surface area contributed by atoms with E-state index < -0.39 is 6.04 Å². The van der Waals surface area contributed by atoms with Crippen LogP contribution in [0.4, 0.5) is 0 Å². The first kappa shape index (κ1) is 17.3. The molecule has 1 aromatic heterocycles. The Labute approximate surface area is 140 Å². The van der Waals surface area contributed by atoms with Crippen LogP contribution in [0.25, 0.3) is 0 Å². The number of amides is 1. The van der Waals surface area contributed by atoms with Gasteiger partial charge < -0.3 is 15.4 Å². The van der Waals surface area contributed by atoms with Gasteiger partial charge in [0.05, 0.1) is 12.7 Å². The van der Waals surface area contributed by atoms with Crippen LogP contribution in [0.1, 0.15) is 18.5 Å². The van der Waals surface area contributed by atoms with Crippen LogP contribution in [-0.2, 0) is 11.8 Å². The molecule has 2 aromatic rings. The summed E-state index contributed by atoms with van der Waals surface area (Å²) in [6.07, 6.45) is 3.31. The summed E-state index contributed by atoms with van der Waals surface area (Å²) in [5, 5.41) is 10.6. The van der Waals surface area contributed by atoms with Gasteiger partial charge in [-0.05, 0) is 32.2 Å². The fourth-order valence-corrected chi connectivity index (χ4v) is 2.38. The molecule has 0 aliphatic heterocycles. The second-order valence-corrected chi connectivity index (χ2v) is 5.74. The lowest BCUT2D eigenvalue weighted by molar-refractivity contribution is -0.123. The van der Waals surface area contributed by atoms with Gasteiger partial charge >= 0.3 is 0 Å². The monoisotopic (exact) mass is 336 g/mol. The third-order valence-electron chi connectivity index (χ3n) is 3.31. The lowest BCUT2D eigenvalue weighted by atomic mass is 10.1. The van der Waals surface area contributed by atoms with E-state index >= 15 is 0 Å². The van der Waals surface area contributed by atoms with Crippen LogP contribution in [0, 0.1) is 0 Å². The second kappa shape index (κ2) is 7.99. The van der Waals surface area contributed by atoms with E-state index in [2.05, 4.69) is 15.7 Å². The van der Waals surface area contributed by atoms with Gasteiger partial charge in [-0.25, -0.2) is 0 Å². The number of benzene rings is 1. The van der Waals surface area contributed by atoms with Gasteiger partial charge in [-0.1, -0.05) is 17.7 Å². The number of ether oxygens (including phenoxy) is 1. The lowest BCUT2D eigenvalue weighted by Crippen LogP contribution is -2.40. The van der Waals surface area contributed by atoms with Crippen molar-refractivity contribution in [3.63, 3.8) is 0 Å². The molecule has 0 saturated carbocycles. The fraction of sp³-hybridized carbons (Fsp3) is 0.375. The Morgan fingerprint density at radius 3 is 2.87 bits per heavy atom. The quantitative estimate of drug-likeness (QED) is 0.810. The van der Waals surface area contributed by atoms with Crippen LogP contribution in [0.2, 0.25) is 5.02 Å². The molecule has 2 N–H and O–H groups in total. The highest BCUT2D eigenvalue weighted by Crippen LogP contribution is 2.18. The first-order valence-electron chi connectivity index (χ1n) is 7.35. The number of nitrogens with one attached hydrogen (secondary N) is 2. The summed E-state index contributed by atoms with van der Waals surface area (Å²) in [5.74, 6) is 0.554. The number of aromatic nitrogens is 2. The largest absolute Gasteiger partial charge is 0.489 e. The molecule has 6 nitrogen and oxygen atoms in total. The van der Waals surface area contributed by atoms with Crippen LogP contribution in [-0.4, -0.2) is 35.4 Å². The summed E-state index contributed by atoms with van der Waals surface area (Å²) in [5.41, 5.74) is 0.816. The Morgan fingerprint density at radius 2 is 2.26 bits per heavy atom. The van der Waals surface area contributed by atoms with Crippen LogP contribution in [0.3, 0.4) is 0 Å². The van der Waals surface area contributed by atoms with Crippen LogP contribution in [0.15, 0.2) is 36.7 Å². The first-order chi connectivity index (χ1) is 11.0. The zero-order valence-electron chi connectivity index (χ0n) is 13.4. The van der Waals surface area contributed by atoms with Gasteiger partial charge in [0.15, 0.2) is 0 Å². The Morgan fingerprint density at radius 1 is 1.48 bits per heavy atom. The molecule has 0 bridgehead atoms. The number of aryl methyl sites for hydroxylation is 1. The number of hydrogen-bond acceptors (Lipinski definition) is 4. The van der Waals surface area contributed by atoms with Gasteiger partial charge in [0.2, 0.25) is 5.91 Å². The molecular formula is C16H21ClN4O2. The molecule has 2 rings (SSSR count). The smallest absolute Gasteiger partial charge is 0.241 e. The summed E-state index contributed by atoms with van der Waals surface area (Å²) >= 11 is 5.92. The van der Waals surface area contributed by atoms with Crippen molar-refractivity contribution in [3.05, 3.63) is 47.2 Å². The van der Waals surface area contributed by atoms with Crippen molar-refractivity contribution in [1.82, 2.24) is 20.4 Å². The van der Waals surface area contributed by atoms with Crippen molar-refractivity contribution in [3.8, 4) is 5.75 Å². The highest BCUT2D eigenvalue weighted by molar-refractivity contribution is 6.30. The number of hydrogen-bond donors (Lipinski definition) is 2. The van der Waals surface area contributed by atoms with E-state index in [4.69, 9.17) is 16.3 Å². The second-order valence-electron chi connectivity index (χ2n) is 5.30. The topological polar surface area (TPSA) is 68.2 Å². The van der Waals surface area contributed by atoms with Crippen molar-refractivity contribution < 1.29 is 9.53 Å². The molecule has 2 atom stereocenters. The van der Waals surface area contributed by atoms with Crippen molar-refractivity contribution >= 4 is 17.5 Å². The molecule has 2 unspecified atom stereocenters. The van der Waals surface area contributed by atoms with Crippen LogP contribution >= 0.6 is 11.6 Å². The molecule has 0 aliphatic carbocycles. The average Bonchev–Trinajstić information content (AvgIpc) is 2.92. The van der Waals surface area contributed by atoms with Crippen LogP contribution < -0.4 is 15.4 Å². The van der Waals surface area contributed by atoms with Crippen molar-refractivity contribution in [2.24, 2.45) is 7.05 Å². The maximum Gasteiger partial charge on any atom is 0.241 e. The highest BCUT2D eigenvalue weighted by Gasteiger charge is 2.20. The number of carbonyl (C=O) groups is 1. The molecule has 0 spiro atoms. The minimum absolute atomic E-state index is 0.123. The molecule has 0 fully saturated rings. The van der Waals surface area contributed by atoms with Gasteiger partial charge in [0.25, 0.3) is 0 Å². The van der Waals surface area contributed by atoms with Gasteiger partial charge in [-0.2, -0.15) is 5.10 Å². The molecule has 0 aliphatic rings. The zero-order chi connectivity index (χ0) is 16.8. The predicted octanol–water partition coefficient (Wildman–Crippen LogP) is 1.92. The van der Waals surface area contributed by atoms with Gasteiger partial charge in [-0.3, -0.25) is 9.48 Å². The van der Waals surface area contributed by atoms with E-state index in [1.54, 1.807) is 30.1 Å². The molecule has 1 aromatic carbocycles. The molecule has 0 saturated heterocycles. The maximum absolute atomic E-state index is 12.3. The lowest BCUT2D eigenvalue weighted by Gasteiger charge is -2.18. The third-order valence-corrected chi connectivity index (χ3v) is 3.54. The van der Waals surface area contributed by atoms with E-state index in [-0.39, 0.29) is 12.0 Å². The summed E-state index contributed by atoms with van der Waals surface area (Å²) in [7, 11) is 3.55. The summed E-state index contributed by atoms with van der Waals surface area (Å²) in [6.45, 7) is 2.28. The standard InChI is InChI=1S/C16H21ClN4O2/c1-11(23-14-6-4-5-13(17)7-14)8-19-16(22)15(18-2)12-9-20-21(3)10-12/h4-7,9-11,15,18H,8H2,1-3H3,(H,19,22).